The van der Waals surface area contributed by atoms with Crippen molar-refractivity contribution < 1.29 is 4.42 Å². The zero-order chi connectivity index (χ0) is 37.0. The first-order chi connectivity index (χ1) is 27.7. The van der Waals surface area contributed by atoms with Gasteiger partial charge in [-0.25, -0.2) is 15.0 Å². The fourth-order valence-corrected chi connectivity index (χ4v) is 9.06. The molecule has 3 aromatic heterocycles. The van der Waals surface area contributed by atoms with Gasteiger partial charge in [-0.2, -0.15) is 0 Å². The lowest BCUT2D eigenvalue weighted by molar-refractivity contribution is 0.670. The summed E-state index contributed by atoms with van der Waals surface area (Å²) in [5.74, 6) is 1.97. The summed E-state index contributed by atoms with van der Waals surface area (Å²) < 4.78 is 9.08. The van der Waals surface area contributed by atoms with Crippen molar-refractivity contribution in [3.05, 3.63) is 188 Å². The number of furan rings is 1. The number of fused-ring (bicyclic) bond motifs is 6. The van der Waals surface area contributed by atoms with Gasteiger partial charge in [-0.3, -0.25) is 0 Å². The normalized spacial score (nSPS) is 11.6. The molecule has 0 fully saturated rings. The molecule has 8 aromatic carbocycles. The van der Waals surface area contributed by atoms with Crippen molar-refractivity contribution in [3.8, 4) is 67.5 Å². The van der Waals surface area contributed by atoms with Crippen LogP contribution in [0.25, 0.3) is 110 Å². The van der Waals surface area contributed by atoms with Crippen LogP contribution in [-0.2, 0) is 0 Å². The van der Waals surface area contributed by atoms with Crippen LogP contribution in [0.5, 0.6) is 0 Å². The summed E-state index contributed by atoms with van der Waals surface area (Å²) in [5.41, 5.74) is 11.5. The molecule has 3 heterocycles. The predicted octanol–water partition coefficient (Wildman–Crippen LogP) is 14.1. The van der Waals surface area contributed by atoms with Crippen molar-refractivity contribution >= 4 is 53.4 Å². The Morgan fingerprint density at radius 1 is 0.357 bits per heavy atom. The molecule has 4 nitrogen and oxygen atoms in total. The summed E-state index contributed by atoms with van der Waals surface area (Å²) in [5, 5.41) is 4.60. The van der Waals surface area contributed by atoms with Crippen LogP contribution in [0.4, 0.5) is 0 Å². The van der Waals surface area contributed by atoms with E-state index in [0.717, 1.165) is 65.6 Å². The average molecular weight is 734 g/mol. The van der Waals surface area contributed by atoms with Gasteiger partial charge in [0.1, 0.15) is 11.2 Å². The van der Waals surface area contributed by atoms with Crippen LogP contribution in [0.3, 0.4) is 0 Å². The van der Waals surface area contributed by atoms with Crippen molar-refractivity contribution in [1.82, 2.24) is 15.0 Å². The summed E-state index contributed by atoms with van der Waals surface area (Å²) in [6.45, 7) is 0. The highest BCUT2D eigenvalue weighted by Crippen LogP contribution is 2.45. The molecule has 0 spiro atoms. The third-order valence-corrected chi connectivity index (χ3v) is 11.8. The van der Waals surface area contributed by atoms with Crippen LogP contribution in [0.15, 0.2) is 192 Å². The van der Waals surface area contributed by atoms with Gasteiger partial charge < -0.3 is 4.42 Å². The zero-order valence-electron chi connectivity index (χ0n) is 30.1. The Morgan fingerprint density at radius 3 is 1.68 bits per heavy atom. The molecule has 11 aromatic rings. The maximum Gasteiger partial charge on any atom is 0.165 e. The van der Waals surface area contributed by atoms with E-state index >= 15 is 0 Å². The Labute approximate surface area is 327 Å². The minimum absolute atomic E-state index is 0.654. The van der Waals surface area contributed by atoms with Crippen molar-refractivity contribution in [2.75, 3.05) is 0 Å². The molecular formula is C51H31N3OS. The van der Waals surface area contributed by atoms with Crippen molar-refractivity contribution in [2.24, 2.45) is 0 Å². The molecular weight excluding hydrogens is 703 g/mol. The monoisotopic (exact) mass is 733 g/mol. The molecule has 5 heteroatoms. The highest BCUT2D eigenvalue weighted by molar-refractivity contribution is 7.26. The third kappa shape index (κ3) is 5.48. The first-order valence-electron chi connectivity index (χ1n) is 18.7. The molecule has 11 rings (SSSR count). The highest BCUT2D eigenvalue weighted by atomic mass is 32.1. The van der Waals surface area contributed by atoms with Gasteiger partial charge in [-0.05, 0) is 64.2 Å². The second-order valence-corrected chi connectivity index (χ2v) is 15.0. The number of nitrogens with zero attached hydrogens (tertiary/aromatic N) is 3. The second kappa shape index (κ2) is 13.3. The fourth-order valence-electron chi connectivity index (χ4n) is 7.86. The van der Waals surface area contributed by atoms with Crippen molar-refractivity contribution in [1.29, 1.82) is 0 Å². The number of thiophene rings is 1. The fraction of sp³-hybridized carbons (Fsp3) is 0. The van der Waals surface area contributed by atoms with E-state index in [1.165, 1.54) is 26.6 Å². The van der Waals surface area contributed by atoms with Crippen LogP contribution >= 0.6 is 11.3 Å². The van der Waals surface area contributed by atoms with Crippen LogP contribution in [0.2, 0.25) is 0 Å². The molecule has 0 saturated heterocycles. The molecule has 0 radical (unpaired) electrons. The van der Waals surface area contributed by atoms with E-state index in [9.17, 15) is 0 Å². The van der Waals surface area contributed by atoms with Crippen molar-refractivity contribution in [2.45, 2.75) is 0 Å². The van der Waals surface area contributed by atoms with Gasteiger partial charge in [0, 0.05) is 53.2 Å². The highest BCUT2D eigenvalue weighted by Gasteiger charge is 2.20. The summed E-state index contributed by atoms with van der Waals surface area (Å²) in [6.07, 6.45) is 0. The van der Waals surface area contributed by atoms with E-state index in [4.69, 9.17) is 19.4 Å². The molecule has 0 N–H and O–H groups in total. The first-order valence-corrected chi connectivity index (χ1v) is 19.5. The Bertz CT molecular complexity index is 3180. The molecule has 0 bridgehead atoms. The number of benzene rings is 8. The molecule has 0 aliphatic carbocycles. The lowest BCUT2D eigenvalue weighted by Crippen LogP contribution is -2.00. The Kier molecular flexibility index (Phi) is 7.64. The smallest absolute Gasteiger partial charge is 0.165 e. The van der Waals surface area contributed by atoms with Crippen molar-refractivity contribution in [3.63, 3.8) is 0 Å². The largest absolute Gasteiger partial charge is 0.455 e. The SMILES string of the molecule is c1ccc(-c2cccc(-c3ccc(-c4ccc5sc6c(-c7nc(-c8ccccc8)nc(-c8ccccc8)n7)cccc6c5c4)c4c3oc3ccccc34)c2)cc1. The zero-order valence-corrected chi connectivity index (χ0v) is 30.9. The van der Waals surface area contributed by atoms with E-state index < -0.39 is 0 Å². The van der Waals surface area contributed by atoms with Gasteiger partial charge in [-0.1, -0.05) is 152 Å². The molecule has 56 heavy (non-hydrogen) atoms. The number of hydrogen-bond donors (Lipinski definition) is 0. The quantitative estimate of drug-likeness (QED) is 0.171. The molecule has 262 valence electrons. The predicted molar refractivity (Wildman–Crippen MR) is 233 cm³/mol. The van der Waals surface area contributed by atoms with Gasteiger partial charge in [0.25, 0.3) is 0 Å². The number of aromatic nitrogens is 3. The summed E-state index contributed by atoms with van der Waals surface area (Å²) >= 11 is 1.78. The van der Waals surface area contributed by atoms with Gasteiger partial charge in [0.2, 0.25) is 0 Å². The molecule has 0 saturated carbocycles. The number of para-hydroxylation sites is 1. The lowest BCUT2D eigenvalue weighted by Gasteiger charge is -2.10. The van der Waals surface area contributed by atoms with Crippen LogP contribution in [-0.4, -0.2) is 15.0 Å². The molecule has 0 aliphatic rings. The standard InChI is InChI=1S/C51H31N3OS/c1-4-14-32(15-5-1)35-20-12-21-36(30-35)39-28-27-38(46-41-22-10-11-25-44(41)55-47(39)46)37-26-29-45-43(31-37)40-23-13-24-42(48(40)56-45)51-53-49(33-16-6-2-7-17-33)52-50(54-51)34-18-8-3-9-19-34/h1-31H. The van der Waals surface area contributed by atoms with Crippen LogP contribution in [0, 0.1) is 0 Å². The number of hydrogen-bond acceptors (Lipinski definition) is 5. The summed E-state index contributed by atoms with van der Waals surface area (Å²) in [4.78, 5) is 15.1. The summed E-state index contributed by atoms with van der Waals surface area (Å²) in [6, 6.07) is 65.7. The minimum Gasteiger partial charge on any atom is -0.455 e. The van der Waals surface area contributed by atoms with E-state index in [1.54, 1.807) is 11.3 Å². The number of rotatable bonds is 6. The van der Waals surface area contributed by atoms with E-state index in [2.05, 4.69) is 121 Å². The van der Waals surface area contributed by atoms with Crippen LogP contribution in [0.1, 0.15) is 0 Å². The molecule has 0 unspecified atom stereocenters. The van der Waals surface area contributed by atoms with E-state index in [1.807, 2.05) is 66.7 Å². The molecule has 0 atom stereocenters. The third-order valence-electron chi connectivity index (χ3n) is 10.6. The van der Waals surface area contributed by atoms with E-state index in [-0.39, 0.29) is 0 Å². The Hall–Kier alpha value is -7.21. The van der Waals surface area contributed by atoms with Crippen LogP contribution < -0.4 is 0 Å². The van der Waals surface area contributed by atoms with Gasteiger partial charge >= 0.3 is 0 Å². The molecule has 0 amide bonds. The minimum atomic E-state index is 0.654. The summed E-state index contributed by atoms with van der Waals surface area (Å²) in [7, 11) is 0. The lowest BCUT2D eigenvalue weighted by atomic mass is 9.93. The second-order valence-electron chi connectivity index (χ2n) is 13.9. The maximum absolute atomic E-state index is 6.72. The Morgan fingerprint density at radius 2 is 0.929 bits per heavy atom. The Balaban J connectivity index is 1.07. The molecule has 0 aliphatic heterocycles. The average Bonchev–Trinajstić information content (AvgIpc) is 3.86. The topological polar surface area (TPSA) is 51.8 Å². The van der Waals surface area contributed by atoms with Gasteiger partial charge in [0.05, 0.1) is 0 Å². The van der Waals surface area contributed by atoms with Gasteiger partial charge in [-0.15, -0.1) is 11.3 Å². The maximum atomic E-state index is 6.72. The van der Waals surface area contributed by atoms with E-state index in [0.29, 0.717) is 17.5 Å². The first kappa shape index (κ1) is 32.2. The van der Waals surface area contributed by atoms with Gasteiger partial charge in [0.15, 0.2) is 17.5 Å².